The second kappa shape index (κ2) is 51.7. The fourth-order valence-electron chi connectivity index (χ4n) is 20.3. The van der Waals surface area contributed by atoms with Gasteiger partial charge in [-0.15, -0.1) is 0 Å². The van der Waals surface area contributed by atoms with Crippen molar-refractivity contribution in [3.05, 3.63) is 198 Å². The van der Waals surface area contributed by atoms with Crippen molar-refractivity contribution in [2.75, 3.05) is 95.8 Å². The van der Waals surface area contributed by atoms with Crippen LogP contribution in [0.4, 0.5) is 9.59 Å². The number of carbonyl (C=O) groups is 10. The summed E-state index contributed by atoms with van der Waals surface area (Å²) in [5.74, 6) is -11.5. The zero-order chi connectivity index (χ0) is 105. The van der Waals surface area contributed by atoms with Gasteiger partial charge >= 0.3 is 36.1 Å². The molecule has 8 heterocycles. The minimum Gasteiger partial charge on any atom is -0.458 e. The minimum atomic E-state index is -1.65. The van der Waals surface area contributed by atoms with Crippen LogP contribution in [0.1, 0.15) is 194 Å². The third kappa shape index (κ3) is 29.2. The van der Waals surface area contributed by atoms with Crippen molar-refractivity contribution in [3.8, 4) is 0 Å². The number of fused-ring (bicyclic) bond motifs is 3. The molecule has 32 heteroatoms. The highest BCUT2D eigenvalue weighted by Gasteiger charge is 2.61. The summed E-state index contributed by atoms with van der Waals surface area (Å²) in [5, 5.41) is 1.94. The van der Waals surface area contributed by atoms with E-state index in [4.69, 9.17) is 62.6 Å². The molecule has 24 atom stereocenters. The van der Waals surface area contributed by atoms with Crippen LogP contribution in [0, 0.1) is 41.4 Å². The van der Waals surface area contributed by atoms with Gasteiger partial charge in [0.25, 0.3) is 0 Å². The molecule has 0 unspecified atom stereocenters. The Bertz CT molecular complexity index is 5530. The van der Waals surface area contributed by atoms with Gasteiger partial charge in [0.05, 0.1) is 89.1 Å². The summed E-state index contributed by atoms with van der Waals surface area (Å²) in [5.41, 5.74) is 3.58. The number of ketones is 4. The maximum Gasteiger partial charge on any atom is 0.420 e. The molecule has 2 N–H and O–H groups in total. The lowest BCUT2D eigenvalue weighted by atomic mass is 9.73. The average molecular weight is 1980 g/mol. The molecular weight excluding hydrogens is 1830 g/mol. The smallest absolute Gasteiger partial charge is 0.420 e. The highest BCUT2D eigenvalue weighted by molar-refractivity contribution is 6.01. The molecular formula is C111H152N10O22. The van der Waals surface area contributed by atoms with E-state index in [0.29, 0.717) is 43.5 Å². The summed E-state index contributed by atoms with van der Waals surface area (Å²) < 4.78 is 79.3. The van der Waals surface area contributed by atoms with Gasteiger partial charge in [0.2, 0.25) is 0 Å². The predicted molar refractivity (Wildman–Crippen MR) is 545 cm³/mol. The molecule has 4 saturated heterocycles. The zero-order valence-corrected chi connectivity index (χ0v) is 87.9. The standard InChI is InChI=1S/C54H74N4O11.C52H64N4O11.C5H14N2/c1-13-43-54(8)47(58(52(63)69-54)27-20-26-56(9)10)35(4)44(59)33(2)31-53(7,64-28-19-21-38-30-40-24-17-18-25-41(40)55-32-38)48(36(5)45(60)37(6)49(61)66-43)68-51-46(42(57(11)12)29-34(3)65-51)67-50(62)39-22-15-14-16-23-39;1-11-42-51(7,67-50(61)56-24-23-53-31-56)28-32(2)43(57)33(3)29-52(8,62-25-17-18-37-27-39-21-15-16-22-40(39)54-30-37)46(35(5)44(58)36(6)47(59)64-42)66-49-45(41(55(9)10)26-34(4)63-49)65-48(60)38-19-13-12-14-20-38;1-7(2)5-3-4-6/h14-19,21-25,30,32-37,42-43,46-48,51H,13,20,26-29,31H2,1-12H3;12-24,27-28,30-31,33-36,41-42,45-46,49H,11,25-26,29H2,1-10H3;3-6H2,1-2H3/b21-19+;18-17+,32-28+;/t33-,34-,35+,36+,37-,42+,43-,46-,47-,48-,51+,53-,54-;33-,34-,35+,36-,41+,42-,45-,46-,49+,51+,52-;/m11./s1. The average Bonchev–Trinajstić information content (AvgIpc) is 1.61. The van der Waals surface area contributed by atoms with E-state index in [0.717, 1.165) is 57.0 Å². The van der Waals surface area contributed by atoms with E-state index in [9.17, 15) is 43.2 Å². The summed E-state index contributed by atoms with van der Waals surface area (Å²) in [6.07, 6.45) is 8.72. The van der Waals surface area contributed by atoms with Crippen LogP contribution < -0.4 is 5.73 Å². The van der Waals surface area contributed by atoms with Crippen LogP contribution in [0.15, 0.2) is 176 Å². The van der Waals surface area contributed by atoms with Crippen LogP contribution in [0.3, 0.4) is 0 Å². The number of esters is 4. The summed E-state index contributed by atoms with van der Waals surface area (Å²) in [4.78, 5) is 166. The predicted octanol–water partition coefficient (Wildman–Crippen LogP) is 15.6. The number of nitrogens with two attached hydrogens (primary N) is 1. The largest absolute Gasteiger partial charge is 0.458 e. The lowest BCUT2D eigenvalue weighted by Crippen LogP contribution is -2.61. The number of para-hydroxylation sites is 2. The molecule has 12 rings (SSSR count). The third-order valence-electron chi connectivity index (χ3n) is 28.0. The molecule has 3 aromatic heterocycles. The molecule has 0 saturated carbocycles. The second-order valence-electron chi connectivity index (χ2n) is 40.6. The van der Waals surface area contributed by atoms with Crippen LogP contribution >= 0.6 is 0 Å². The first-order valence-corrected chi connectivity index (χ1v) is 50.0. The number of benzene rings is 4. The van der Waals surface area contributed by atoms with Crippen molar-refractivity contribution in [1.29, 1.82) is 0 Å². The van der Waals surface area contributed by atoms with E-state index in [2.05, 4.69) is 33.9 Å². The Kier molecular flexibility index (Phi) is 41.2. The molecule has 0 radical (unpaired) electrons. The number of pyridine rings is 2. The van der Waals surface area contributed by atoms with Crippen molar-refractivity contribution >= 4 is 93.2 Å². The van der Waals surface area contributed by atoms with Crippen LogP contribution in [0.2, 0.25) is 0 Å². The van der Waals surface area contributed by atoms with E-state index >= 15 is 4.79 Å². The molecule has 143 heavy (non-hydrogen) atoms. The summed E-state index contributed by atoms with van der Waals surface area (Å²) >= 11 is 0. The number of hydrogen-bond acceptors (Lipinski definition) is 30. The first-order valence-electron chi connectivity index (χ1n) is 50.0. The molecule has 4 aromatic carbocycles. The SMILES string of the molecule is CC[C@H]1OC(=O)[C@H](C)C(=O)[C@H](C)[C@@H](O[C@@H]2O[C@H](C)C[C@H](N(C)C)[C@H]2OC(=O)c2ccccc2)[C@](C)(OC/C=C/c2cnc3ccccc3c2)C[C@@H](C)C(=O)/C(C)=C/[C@]1(C)OC(=O)n1ccnc1.CC[C@H]1OC(=O)[C@H](C)C(=O)[C@H](C)[C@@H](O[C@@H]2O[C@H](C)C[C@H](N(C)C)[C@H]2OC(=O)c2ccccc2)[C@](C)(OC/C=C/c2cnc3ccccc3c2)C[C@@H](C)C(=O)[C@H](C)[C@H]2N(CCCN(C)C)C(=O)O[C@]12C.CN(C)CCCN. The van der Waals surface area contributed by atoms with Crippen LogP contribution in [0.25, 0.3) is 34.0 Å². The van der Waals surface area contributed by atoms with E-state index in [1.165, 1.54) is 38.6 Å². The highest BCUT2D eigenvalue weighted by atomic mass is 16.7. The number of ether oxygens (including phenoxy) is 12. The Hall–Kier alpha value is -11.0. The van der Waals surface area contributed by atoms with Crippen LogP contribution in [-0.4, -0.2) is 301 Å². The van der Waals surface area contributed by atoms with Gasteiger partial charge < -0.3 is 87.1 Å². The number of rotatable bonds is 28. The molecule has 1 amide bonds. The lowest BCUT2D eigenvalue weighted by molar-refractivity contribution is -0.296. The first-order chi connectivity index (χ1) is 67.8. The van der Waals surface area contributed by atoms with Crippen molar-refractivity contribution in [1.82, 2.24) is 44.0 Å². The Labute approximate surface area is 843 Å². The Morgan fingerprint density at radius 1 is 0.552 bits per heavy atom. The topological polar surface area (TPSA) is 367 Å². The summed E-state index contributed by atoms with van der Waals surface area (Å²) in [6, 6.07) is 35.3. The van der Waals surface area contributed by atoms with Gasteiger partial charge in [-0.05, 0) is 261 Å². The fourth-order valence-corrected chi connectivity index (χ4v) is 20.3. The van der Waals surface area contributed by atoms with Gasteiger partial charge in [0.15, 0.2) is 53.3 Å². The van der Waals surface area contributed by atoms with Crippen LogP contribution in [0.5, 0.6) is 0 Å². The van der Waals surface area contributed by atoms with Gasteiger partial charge in [0, 0.05) is 71.7 Å². The third-order valence-corrected chi connectivity index (χ3v) is 28.0. The number of hydrogen-bond donors (Lipinski definition) is 1. The van der Waals surface area contributed by atoms with E-state index in [-0.39, 0.29) is 80.3 Å². The van der Waals surface area contributed by atoms with E-state index in [1.54, 1.807) is 134 Å². The fraction of sp³-hybridized carbons (Fsp3) is 0.559. The summed E-state index contributed by atoms with van der Waals surface area (Å²) in [7, 11) is 15.5. The molecule has 0 aliphatic carbocycles. The number of nitrogens with zero attached hydrogens (tertiary/aromatic N) is 9. The highest BCUT2D eigenvalue weighted by Crippen LogP contribution is 2.46. The quantitative estimate of drug-likeness (QED) is 0.0270. The number of amides is 1. The molecule has 778 valence electrons. The Balaban J connectivity index is 0.000000275. The molecule has 0 spiro atoms. The number of aromatic nitrogens is 4. The van der Waals surface area contributed by atoms with Gasteiger partial charge in [-0.25, -0.2) is 28.7 Å². The number of allylic oxidation sites excluding steroid dienone is 1. The molecule has 0 bridgehead atoms. The number of imidazole rings is 1. The maximum absolute atomic E-state index is 15.2. The molecule has 4 fully saturated rings. The van der Waals surface area contributed by atoms with Crippen molar-refractivity contribution < 1.29 is 105 Å². The van der Waals surface area contributed by atoms with Gasteiger partial charge in [-0.3, -0.25) is 38.7 Å². The van der Waals surface area contributed by atoms with Crippen molar-refractivity contribution in [2.45, 2.75) is 264 Å². The Morgan fingerprint density at radius 2 is 0.993 bits per heavy atom. The van der Waals surface area contributed by atoms with Crippen molar-refractivity contribution in [3.63, 3.8) is 0 Å². The number of carbonyl (C=O) groups excluding carboxylic acids is 10. The van der Waals surface area contributed by atoms with E-state index < -0.39 is 167 Å². The molecule has 5 aliphatic heterocycles. The normalized spacial score (nSPS) is 30.8. The van der Waals surface area contributed by atoms with Crippen LogP contribution in [-0.2, 0) is 85.6 Å². The number of Topliss-reactive ketones (excluding diaryl/α,β-unsaturated/α-hetero) is 4. The summed E-state index contributed by atoms with van der Waals surface area (Å²) in [6.45, 7) is 30.5. The zero-order valence-electron chi connectivity index (χ0n) is 87.9. The molecule has 7 aromatic rings. The second-order valence-corrected chi connectivity index (χ2v) is 40.6. The van der Waals surface area contributed by atoms with Gasteiger partial charge in [0.1, 0.15) is 36.2 Å². The van der Waals surface area contributed by atoms with Crippen molar-refractivity contribution in [2.24, 2.45) is 47.2 Å². The van der Waals surface area contributed by atoms with E-state index in [1.807, 2.05) is 183 Å². The minimum absolute atomic E-state index is 0.00650. The monoisotopic (exact) mass is 1980 g/mol. The Morgan fingerprint density at radius 3 is 1.42 bits per heavy atom. The molecule has 5 aliphatic rings. The first kappa shape index (κ1) is 114. The maximum atomic E-state index is 15.2. The van der Waals surface area contributed by atoms with Gasteiger partial charge in [-0.1, -0.05) is 146 Å². The van der Waals surface area contributed by atoms with Gasteiger partial charge in [-0.2, -0.15) is 0 Å². The number of cyclic esters (lactones) is 2. The molecule has 32 nitrogen and oxygen atoms in total. The lowest BCUT2D eigenvalue weighted by Gasteiger charge is -2.48. The number of likely N-dealkylation sites (N-methyl/N-ethyl adjacent to an activating group) is 2.